The maximum Gasteiger partial charge on any atom is 0.348 e. The van der Waals surface area contributed by atoms with Crippen LogP contribution in [-0.4, -0.2) is 59.6 Å². The molecule has 0 spiro atoms. The van der Waals surface area contributed by atoms with Gasteiger partial charge in [-0.25, -0.2) is 4.79 Å². The fraction of sp³-hybridized carbons (Fsp3) is 0.458. The van der Waals surface area contributed by atoms with Crippen molar-refractivity contribution in [3.63, 3.8) is 0 Å². The third-order valence-corrected chi connectivity index (χ3v) is 7.16. The van der Waals surface area contributed by atoms with Gasteiger partial charge in [-0.15, -0.1) is 0 Å². The first kappa shape index (κ1) is 22.3. The van der Waals surface area contributed by atoms with Crippen LogP contribution in [0.2, 0.25) is 0 Å². The van der Waals surface area contributed by atoms with Crippen molar-refractivity contribution in [2.75, 3.05) is 32.8 Å². The summed E-state index contributed by atoms with van der Waals surface area (Å²) < 4.78 is 12.9. The fourth-order valence-corrected chi connectivity index (χ4v) is 5.49. The van der Waals surface area contributed by atoms with Crippen LogP contribution in [0, 0.1) is 5.92 Å². The number of aliphatic hydroxyl groups excluding tert-OH is 1. The molecule has 0 unspecified atom stereocenters. The highest BCUT2D eigenvalue weighted by atomic mass is 79.9. The van der Waals surface area contributed by atoms with E-state index in [9.17, 15) is 15.0 Å². The molecular formula is C24H28BrNO5. The number of halogens is 1. The minimum atomic E-state index is -1.90. The molecular weight excluding hydrogens is 462 g/mol. The maximum atomic E-state index is 13.5. The SMILES string of the molecule is O=C(O[C@H]1C[N+]2(CCCO)CCC1CC2)C1(O)c2ccccc2Oc2ccccc21.[Br-]. The lowest BCUT2D eigenvalue weighted by atomic mass is 9.81. The summed E-state index contributed by atoms with van der Waals surface area (Å²) in [4.78, 5) is 13.5. The molecule has 0 aliphatic carbocycles. The molecule has 6 nitrogen and oxygen atoms in total. The summed E-state index contributed by atoms with van der Waals surface area (Å²) in [5.41, 5.74) is -1.06. The molecule has 2 aromatic rings. The minimum absolute atomic E-state index is 0. The molecule has 4 aliphatic rings. The number of hydrogen-bond acceptors (Lipinski definition) is 5. The van der Waals surface area contributed by atoms with Gasteiger partial charge in [0.05, 0.1) is 19.6 Å². The number of piperidine rings is 3. The summed E-state index contributed by atoms with van der Waals surface area (Å²) in [5, 5.41) is 21.0. The van der Waals surface area contributed by atoms with Crippen LogP contribution in [0.25, 0.3) is 0 Å². The number of benzene rings is 2. The third kappa shape index (κ3) is 3.67. The molecule has 2 aromatic carbocycles. The Hall–Kier alpha value is -1.93. The number of quaternary nitrogens is 1. The summed E-state index contributed by atoms with van der Waals surface area (Å²) in [6.07, 6.45) is 2.56. The van der Waals surface area contributed by atoms with Crippen LogP contribution in [0.15, 0.2) is 48.5 Å². The normalized spacial score (nSPS) is 27.3. The van der Waals surface area contributed by atoms with E-state index >= 15 is 0 Å². The van der Waals surface area contributed by atoms with Crippen LogP contribution in [-0.2, 0) is 15.1 Å². The number of ether oxygens (including phenoxy) is 2. The number of aliphatic hydroxyl groups is 2. The Balaban J connectivity index is 0.00000231. The molecule has 0 saturated carbocycles. The molecule has 4 heterocycles. The lowest BCUT2D eigenvalue weighted by molar-refractivity contribution is -0.946. The first-order valence-corrected chi connectivity index (χ1v) is 10.8. The Bertz CT molecular complexity index is 911. The maximum absolute atomic E-state index is 13.5. The van der Waals surface area contributed by atoms with Crippen LogP contribution in [0.1, 0.15) is 30.4 Å². The topological polar surface area (TPSA) is 76.0 Å². The summed E-state index contributed by atoms with van der Waals surface area (Å²) in [5.74, 6) is 0.633. The van der Waals surface area contributed by atoms with E-state index in [0.29, 0.717) is 28.5 Å². The van der Waals surface area contributed by atoms with Crippen molar-refractivity contribution in [2.45, 2.75) is 31.0 Å². The molecule has 166 valence electrons. The fourth-order valence-electron chi connectivity index (χ4n) is 5.49. The van der Waals surface area contributed by atoms with Crippen LogP contribution >= 0.6 is 0 Å². The predicted octanol–water partition coefficient (Wildman–Crippen LogP) is -0.433. The van der Waals surface area contributed by atoms with Gasteiger partial charge in [0.1, 0.15) is 18.0 Å². The van der Waals surface area contributed by atoms with E-state index in [4.69, 9.17) is 9.47 Å². The largest absolute Gasteiger partial charge is 1.00 e. The third-order valence-electron chi connectivity index (χ3n) is 7.16. The Morgan fingerprint density at radius 3 is 2.23 bits per heavy atom. The zero-order chi connectivity index (χ0) is 20.8. The molecule has 0 amide bonds. The second-order valence-electron chi connectivity index (χ2n) is 8.86. The number of fused-ring (bicyclic) bond motifs is 5. The van der Waals surface area contributed by atoms with Crippen molar-refractivity contribution < 1.29 is 45.9 Å². The van der Waals surface area contributed by atoms with E-state index in [1.807, 2.05) is 12.1 Å². The zero-order valence-electron chi connectivity index (χ0n) is 17.4. The Labute approximate surface area is 192 Å². The molecule has 1 atom stereocenters. The Morgan fingerprint density at radius 1 is 1.06 bits per heavy atom. The molecule has 3 fully saturated rings. The van der Waals surface area contributed by atoms with E-state index in [2.05, 4.69) is 0 Å². The monoisotopic (exact) mass is 489 g/mol. The van der Waals surface area contributed by atoms with E-state index in [1.54, 1.807) is 36.4 Å². The van der Waals surface area contributed by atoms with Crippen molar-refractivity contribution >= 4 is 5.97 Å². The van der Waals surface area contributed by atoms with Gasteiger partial charge in [0, 0.05) is 42.9 Å². The molecule has 2 N–H and O–H groups in total. The van der Waals surface area contributed by atoms with Crippen molar-refractivity contribution in [3.8, 4) is 11.5 Å². The molecule has 3 saturated heterocycles. The van der Waals surface area contributed by atoms with Gasteiger partial charge >= 0.3 is 5.97 Å². The number of para-hydroxylation sites is 2. The van der Waals surface area contributed by atoms with E-state index in [1.165, 1.54) is 0 Å². The molecule has 2 bridgehead atoms. The predicted molar refractivity (Wildman–Crippen MR) is 110 cm³/mol. The van der Waals surface area contributed by atoms with E-state index in [0.717, 1.165) is 49.9 Å². The van der Waals surface area contributed by atoms with Crippen LogP contribution < -0.4 is 21.7 Å². The molecule has 4 aliphatic heterocycles. The second-order valence-corrected chi connectivity index (χ2v) is 8.86. The minimum Gasteiger partial charge on any atom is -1.00 e. The standard InChI is InChI=1S/C24H28NO5.BrH/c26-15-5-12-25-13-10-17(11-14-25)22(16-25)30-23(27)24(28)18-6-1-3-8-20(18)29-21-9-4-2-7-19(21)24;/h1-4,6-9,17,22,26,28H,5,10-16H2;1H/q+1;/p-1/t17?,22-,25?;/m0./s1. The van der Waals surface area contributed by atoms with Gasteiger partial charge in [0.15, 0.2) is 6.10 Å². The van der Waals surface area contributed by atoms with Crippen molar-refractivity contribution in [1.82, 2.24) is 0 Å². The van der Waals surface area contributed by atoms with E-state index < -0.39 is 11.6 Å². The second kappa shape index (κ2) is 8.54. The number of esters is 1. The number of hydrogen-bond donors (Lipinski definition) is 2. The Kier molecular flexibility index (Phi) is 6.14. The van der Waals surface area contributed by atoms with Crippen LogP contribution in [0.4, 0.5) is 0 Å². The van der Waals surface area contributed by atoms with Gasteiger partial charge in [-0.2, -0.15) is 0 Å². The van der Waals surface area contributed by atoms with Crippen molar-refractivity contribution in [2.24, 2.45) is 5.92 Å². The zero-order valence-corrected chi connectivity index (χ0v) is 19.0. The van der Waals surface area contributed by atoms with Crippen LogP contribution in [0.3, 0.4) is 0 Å². The van der Waals surface area contributed by atoms with Gasteiger partial charge in [-0.05, 0) is 12.1 Å². The highest BCUT2D eigenvalue weighted by molar-refractivity contribution is 5.88. The first-order chi connectivity index (χ1) is 14.6. The Morgan fingerprint density at radius 2 is 1.65 bits per heavy atom. The number of carbonyl (C=O) groups is 1. The molecule has 6 rings (SSSR count). The quantitative estimate of drug-likeness (QED) is 0.440. The summed E-state index contributed by atoms with van der Waals surface area (Å²) in [7, 11) is 0. The highest BCUT2D eigenvalue weighted by Gasteiger charge is 2.52. The lowest BCUT2D eigenvalue weighted by Crippen LogP contribution is -3.00. The van der Waals surface area contributed by atoms with Crippen molar-refractivity contribution in [3.05, 3.63) is 59.7 Å². The van der Waals surface area contributed by atoms with Crippen LogP contribution in [0.5, 0.6) is 11.5 Å². The van der Waals surface area contributed by atoms with Gasteiger partial charge in [0.2, 0.25) is 5.60 Å². The average Bonchev–Trinajstić information content (AvgIpc) is 2.79. The lowest BCUT2D eigenvalue weighted by Gasteiger charge is -2.52. The molecule has 31 heavy (non-hydrogen) atoms. The van der Waals surface area contributed by atoms with E-state index in [-0.39, 0.29) is 29.7 Å². The number of nitrogens with zero attached hydrogens (tertiary/aromatic N) is 1. The highest BCUT2D eigenvalue weighted by Crippen LogP contribution is 2.48. The summed E-state index contributed by atoms with van der Waals surface area (Å²) >= 11 is 0. The van der Waals surface area contributed by atoms with Gasteiger partial charge in [0.25, 0.3) is 0 Å². The van der Waals surface area contributed by atoms with Gasteiger partial charge < -0.3 is 41.2 Å². The first-order valence-electron chi connectivity index (χ1n) is 10.8. The van der Waals surface area contributed by atoms with Gasteiger partial charge in [-0.3, -0.25) is 0 Å². The number of carbonyl (C=O) groups excluding carboxylic acids is 1. The summed E-state index contributed by atoms with van der Waals surface area (Å²) in [6, 6.07) is 14.2. The number of rotatable bonds is 5. The molecule has 7 heteroatoms. The summed E-state index contributed by atoms with van der Waals surface area (Å²) in [6.45, 7) is 3.99. The molecule has 0 radical (unpaired) electrons. The average molecular weight is 490 g/mol. The smallest absolute Gasteiger partial charge is 0.348 e. The van der Waals surface area contributed by atoms with Crippen molar-refractivity contribution in [1.29, 1.82) is 0 Å². The molecule has 0 aromatic heterocycles. The van der Waals surface area contributed by atoms with Gasteiger partial charge in [-0.1, -0.05) is 36.4 Å².